The molecule has 0 saturated carbocycles. The Labute approximate surface area is 126 Å². The molecule has 2 rings (SSSR count). The van der Waals surface area contributed by atoms with Gasteiger partial charge in [-0.15, -0.1) is 0 Å². The number of nitrogens with one attached hydrogen (secondary N) is 1. The zero-order chi connectivity index (χ0) is 14.5. The molecule has 0 aromatic heterocycles. The van der Waals surface area contributed by atoms with Crippen LogP contribution >= 0.6 is 11.6 Å². The van der Waals surface area contributed by atoms with Crippen molar-refractivity contribution in [2.75, 3.05) is 13.1 Å². The van der Waals surface area contributed by atoms with Gasteiger partial charge in [0.2, 0.25) is 0 Å². The van der Waals surface area contributed by atoms with Crippen LogP contribution in [0.15, 0.2) is 18.2 Å². The average molecular weight is 299 g/mol. The number of halogens is 2. The predicted molar refractivity (Wildman–Crippen MR) is 82.6 cm³/mol. The Kier molecular flexibility index (Phi) is 5.82. The van der Waals surface area contributed by atoms with Crippen LogP contribution in [0, 0.1) is 5.82 Å². The van der Waals surface area contributed by atoms with E-state index in [1.807, 2.05) is 6.07 Å². The van der Waals surface area contributed by atoms with Crippen molar-refractivity contribution in [3.63, 3.8) is 0 Å². The van der Waals surface area contributed by atoms with Crippen LogP contribution in [0.5, 0.6) is 0 Å². The van der Waals surface area contributed by atoms with Crippen LogP contribution in [0.25, 0.3) is 0 Å². The molecule has 1 aliphatic rings. The molecule has 1 saturated heterocycles. The minimum absolute atomic E-state index is 0.217. The third kappa shape index (κ3) is 4.18. The first-order valence-corrected chi connectivity index (χ1v) is 7.89. The fourth-order valence-corrected chi connectivity index (χ4v) is 3.07. The first-order valence-electron chi connectivity index (χ1n) is 7.51. The topological polar surface area (TPSA) is 15.3 Å². The Morgan fingerprint density at radius 3 is 2.90 bits per heavy atom. The van der Waals surface area contributed by atoms with Crippen LogP contribution in [0.4, 0.5) is 4.39 Å². The lowest BCUT2D eigenvalue weighted by Crippen LogP contribution is -2.47. The van der Waals surface area contributed by atoms with Crippen molar-refractivity contribution in [1.82, 2.24) is 10.2 Å². The summed E-state index contributed by atoms with van der Waals surface area (Å²) in [7, 11) is 0. The molecule has 1 N–H and O–H groups in total. The van der Waals surface area contributed by atoms with Crippen LogP contribution in [0.3, 0.4) is 0 Å². The number of nitrogens with zero attached hydrogens (tertiary/aromatic N) is 1. The molecule has 2 atom stereocenters. The molecule has 0 amide bonds. The number of likely N-dealkylation sites (tertiary alicyclic amines) is 1. The molecule has 1 aromatic carbocycles. The van der Waals surface area contributed by atoms with Gasteiger partial charge in [0.1, 0.15) is 5.82 Å². The van der Waals surface area contributed by atoms with E-state index in [4.69, 9.17) is 11.6 Å². The third-order valence-electron chi connectivity index (χ3n) is 4.07. The van der Waals surface area contributed by atoms with E-state index < -0.39 is 0 Å². The zero-order valence-electron chi connectivity index (χ0n) is 12.3. The summed E-state index contributed by atoms with van der Waals surface area (Å²) in [6, 6.07) is 6.21. The van der Waals surface area contributed by atoms with Gasteiger partial charge in [0.15, 0.2) is 0 Å². The molecule has 1 heterocycles. The van der Waals surface area contributed by atoms with Gasteiger partial charge in [-0.1, -0.05) is 24.6 Å². The van der Waals surface area contributed by atoms with Gasteiger partial charge in [-0.25, -0.2) is 4.39 Å². The highest BCUT2D eigenvalue weighted by Crippen LogP contribution is 2.22. The minimum Gasteiger partial charge on any atom is -0.314 e. The van der Waals surface area contributed by atoms with E-state index in [9.17, 15) is 4.39 Å². The van der Waals surface area contributed by atoms with Gasteiger partial charge in [-0.3, -0.25) is 4.90 Å². The van der Waals surface area contributed by atoms with E-state index in [1.54, 1.807) is 6.07 Å². The van der Waals surface area contributed by atoms with E-state index >= 15 is 0 Å². The van der Waals surface area contributed by atoms with Crippen LogP contribution in [-0.4, -0.2) is 30.1 Å². The highest BCUT2D eigenvalue weighted by molar-refractivity contribution is 6.30. The van der Waals surface area contributed by atoms with Gasteiger partial charge in [-0.05, 0) is 50.4 Å². The van der Waals surface area contributed by atoms with Gasteiger partial charge in [0.05, 0.1) is 5.02 Å². The molecule has 1 aliphatic heterocycles. The first-order chi connectivity index (χ1) is 9.60. The van der Waals surface area contributed by atoms with Crippen molar-refractivity contribution in [1.29, 1.82) is 0 Å². The van der Waals surface area contributed by atoms with Crippen molar-refractivity contribution >= 4 is 11.6 Å². The molecule has 112 valence electrons. The molecule has 1 fully saturated rings. The van der Waals surface area contributed by atoms with Crippen LogP contribution in [0.2, 0.25) is 5.02 Å². The molecular formula is C16H24ClFN2. The Bertz CT molecular complexity index is 438. The van der Waals surface area contributed by atoms with Gasteiger partial charge in [0, 0.05) is 25.2 Å². The normalized spacial score (nSPS) is 24.0. The molecule has 0 bridgehead atoms. The highest BCUT2D eigenvalue weighted by Gasteiger charge is 2.24. The van der Waals surface area contributed by atoms with E-state index in [0.29, 0.717) is 12.1 Å². The molecule has 4 heteroatoms. The molecule has 0 spiro atoms. The summed E-state index contributed by atoms with van der Waals surface area (Å²) in [5, 5.41) is 3.82. The molecule has 20 heavy (non-hydrogen) atoms. The van der Waals surface area contributed by atoms with Gasteiger partial charge in [0.25, 0.3) is 0 Å². The smallest absolute Gasteiger partial charge is 0.141 e. The fourth-order valence-electron chi connectivity index (χ4n) is 2.86. The number of piperidine rings is 1. The number of hydrogen-bond acceptors (Lipinski definition) is 2. The number of benzene rings is 1. The van der Waals surface area contributed by atoms with Gasteiger partial charge in [-0.2, -0.15) is 0 Å². The fraction of sp³-hybridized carbons (Fsp3) is 0.625. The van der Waals surface area contributed by atoms with Crippen molar-refractivity contribution in [3.05, 3.63) is 34.6 Å². The molecule has 1 aromatic rings. The zero-order valence-corrected chi connectivity index (χ0v) is 13.1. The van der Waals surface area contributed by atoms with E-state index in [1.165, 1.54) is 25.3 Å². The van der Waals surface area contributed by atoms with E-state index in [-0.39, 0.29) is 10.8 Å². The maximum absolute atomic E-state index is 13.2. The number of rotatable bonds is 5. The summed E-state index contributed by atoms with van der Waals surface area (Å²) in [5.41, 5.74) is 1.09. The molecule has 2 nitrogen and oxygen atoms in total. The third-order valence-corrected chi connectivity index (χ3v) is 4.36. The maximum Gasteiger partial charge on any atom is 0.141 e. The summed E-state index contributed by atoms with van der Waals surface area (Å²) in [4.78, 5) is 2.45. The predicted octanol–water partition coefficient (Wildman–Crippen LogP) is 3.83. The first kappa shape index (κ1) is 15.7. The summed E-state index contributed by atoms with van der Waals surface area (Å²) in [5.74, 6) is -0.342. The van der Waals surface area contributed by atoms with E-state index in [0.717, 1.165) is 25.2 Å². The Morgan fingerprint density at radius 1 is 1.45 bits per heavy atom. The molecule has 0 aliphatic carbocycles. The molecule has 0 radical (unpaired) electrons. The van der Waals surface area contributed by atoms with Crippen molar-refractivity contribution in [2.45, 2.75) is 51.7 Å². The second-order valence-corrected chi connectivity index (χ2v) is 6.15. The van der Waals surface area contributed by atoms with E-state index in [2.05, 4.69) is 24.1 Å². The Morgan fingerprint density at radius 2 is 2.25 bits per heavy atom. The molecule has 2 unspecified atom stereocenters. The quantitative estimate of drug-likeness (QED) is 0.889. The largest absolute Gasteiger partial charge is 0.314 e. The highest BCUT2D eigenvalue weighted by atomic mass is 35.5. The second kappa shape index (κ2) is 7.39. The number of hydrogen-bond donors (Lipinski definition) is 1. The Hall–Kier alpha value is -0.640. The average Bonchev–Trinajstić information content (AvgIpc) is 2.43. The van der Waals surface area contributed by atoms with Crippen molar-refractivity contribution < 1.29 is 4.39 Å². The maximum atomic E-state index is 13.2. The summed E-state index contributed by atoms with van der Waals surface area (Å²) in [6.45, 7) is 7.50. The van der Waals surface area contributed by atoms with Crippen molar-refractivity contribution in [2.24, 2.45) is 0 Å². The summed E-state index contributed by atoms with van der Waals surface area (Å²) in [6.07, 6.45) is 3.54. The monoisotopic (exact) mass is 298 g/mol. The van der Waals surface area contributed by atoms with Gasteiger partial charge >= 0.3 is 0 Å². The lowest BCUT2D eigenvalue weighted by molar-refractivity contribution is 0.129. The van der Waals surface area contributed by atoms with Crippen molar-refractivity contribution in [3.8, 4) is 0 Å². The summed E-state index contributed by atoms with van der Waals surface area (Å²) < 4.78 is 13.2. The van der Waals surface area contributed by atoms with Crippen LogP contribution in [-0.2, 0) is 6.54 Å². The standard InChI is InChI=1S/C16H24ClFN2/c1-3-7-19-14-6-8-20(12(2)9-14)11-13-4-5-16(18)15(17)10-13/h4-5,10,12,14,19H,3,6-9,11H2,1-2H3. The van der Waals surface area contributed by atoms with Gasteiger partial charge < -0.3 is 5.32 Å². The lowest BCUT2D eigenvalue weighted by Gasteiger charge is -2.38. The second-order valence-electron chi connectivity index (χ2n) is 5.74. The summed E-state index contributed by atoms with van der Waals surface area (Å²) >= 11 is 5.84. The minimum atomic E-state index is -0.342. The van der Waals surface area contributed by atoms with Crippen LogP contribution < -0.4 is 5.32 Å². The van der Waals surface area contributed by atoms with Crippen LogP contribution in [0.1, 0.15) is 38.7 Å². The SMILES string of the molecule is CCCNC1CCN(Cc2ccc(F)c(Cl)c2)C(C)C1. The lowest BCUT2D eigenvalue weighted by atomic mass is 9.97. The molecular weight excluding hydrogens is 275 g/mol. The Balaban J connectivity index is 1.89.